The van der Waals surface area contributed by atoms with E-state index in [4.69, 9.17) is 5.73 Å². The van der Waals surface area contributed by atoms with Crippen LogP contribution in [0.15, 0.2) is 0 Å². The summed E-state index contributed by atoms with van der Waals surface area (Å²) < 4.78 is 0. The molecule has 0 aromatic rings. The van der Waals surface area contributed by atoms with E-state index in [1.54, 1.807) is 0 Å². The minimum atomic E-state index is 0.110. The van der Waals surface area contributed by atoms with Crippen molar-refractivity contribution in [2.45, 2.75) is 63.5 Å². The van der Waals surface area contributed by atoms with Gasteiger partial charge in [0.25, 0.3) is 0 Å². The van der Waals surface area contributed by atoms with Crippen molar-refractivity contribution in [3.63, 3.8) is 0 Å². The molecule has 0 saturated heterocycles. The lowest BCUT2D eigenvalue weighted by molar-refractivity contribution is -0.133. The second-order valence-corrected chi connectivity index (χ2v) is 5.50. The van der Waals surface area contributed by atoms with E-state index in [9.17, 15) is 4.79 Å². The lowest BCUT2D eigenvalue weighted by Crippen LogP contribution is -2.41. The van der Waals surface area contributed by atoms with Gasteiger partial charge in [0.2, 0.25) is 5.91 Å². The van der Waals surface area contributed by atoms with Gasteiger partial charge in [-0.25, -0.2) is 0 Å². The molecule has 1 atom stereocenters. The maximum Gasteiger partial charge on any atom is 0.224 e. The van der Waals surface area contributed by atoms with E-state index in [0.717, 1.165) is 0 Å². The Morgan fingerprint density at radius 2 is 1.88 bits per heavy atom. The summed E-state index contributed by atoms with van der Waals surface area (Å²) in [6.45, 7) is 0. The highest BCUT2D eigenvalue weighted by Crippen LogP contribution is 2.33. The Kier molecular flexibility index (Phi) is 3.85. The average Bonchev–Trinajstić information content (AvgIpc) is 3.13. The van der Waals surface area contributed by atoms with Crippen LogP contribution in [0.1, 0.15) is 51.4 Å². The van der Waals surface area contributed by atoms with Gasteiger partial charge in [0.05, 0.1) is 0 Å². The van der Waals surface area contributed by atoms with Crippen molar-refractivity contribution in [1.29, 1.82) is 0 Å². The SMILES string of the molecule is CN(C(=O)CC(N)C1CC1)C1CCCCC1. The van der Waals surface area contributed by atoms with Gasteiger partial charge in [-0.15, -0.1) is 0 Å². The van der Waals surface area contributed by atoms with E-state index in [-0.39, 0.29) is 11.9 Å². The van der Waals surface area contributed by atoms with E-state index in [2.05, 4.69) is 0 Å². The summed E-state index contributed by atoms with van der Waals surface area (Å²) >= 11 is 0. The molecule has 3 nitrogen and oxygen atoms in total. The Morgan fingerprint density at radius 1 is 1.25 bits per heavy atom. The molecule has 0 aromatic heterocycles. The Balaban J connectivity index is 1.78. The molecule has 2 aliphatic carbocycles. The zero-order valence-electron chi connectivity index (χ0n) is 10.3. The third-order valence-electron chi connectivity index (χ3n) is 4.15. The molecule has 2 rings (SSSR count). The first-order valence-electron chi connectivity index (χ1n) is 6.69. The highest BCUT2D eigenvalue weighted by molar-refractivity contribution is 5.77. The van der Waals surface area contributed by atoms with Crippen LogP contribution in [0.5, 0.6) is 0 Å². The maximum absolute atomic E-state index is 12.0. The first-order chi connectivity index (χ1) is 7.68. The van der Waals surface area contributed by atoms with Crippen molar-refractivity contribution in [1.82, 2.24) is 4.90 Å². The molecule has 2 fully saturated rings. The fourth-order valence-electron chi connectivity index (χ4n) is 2.71. The monoisotopic (exact) mass is 224 g/mol. The number of nitrogens with zero attached hydrogens (tertiary/aromatic N) is 1. The van der Waals surface area contributed by atoms with Gasteiger partial charge in [-0.05, 0) is 31.6 Å². The van der Waals surface area contributed by atoms with Crippen LogP contribution < -0.4 is 5.73 Å². The molecule has 0 aliphatic heterocycles. The number of amides is 1. The topological polar surface area (TPSA) is 46.3 Å². The van der Waals surface area contributed by atoms with Crippen molar-refractivity contribution >= 4 is 5.91 Å². The van der Waals surface area contributed by atoms with Crippen molar-refractivity contribution < 1.29 is 4.79 Å². The molecule has 0 radical (unpaired) electrons. The minimum absolute atomic E-state index is 0.110. The second-order valence-electron chi connectivity index (χ2n) is 5.50. The minimum Gasteiger partial charge on any atom is -0.343 e. The van der Waals surface area contributed by atoms with Crippen LogP contribution in [0.3, 0.4) is 0 Å². The predicted octanol–water partition coefficient (Wildman–Crippen LogP) is 1.90. The van der Waals surface area contributed by atoms with Crippen LogP contribution in [-0.4, -0.2) is 29.9 Å². The van der Waals surface area contributed by atoms with E-state index < -0.39 is 0 Å². The fourth-order valence-corrected chi connectivity index (χ4v) is 2.71. The largest absolute Gasteiger partial charge is 0.343 e. The number of hydrogen-bond donors (Lipinski definition) is 1. The number of hydrogen-bond acceptors (Lipinski definition) is 2. The molecule has 2 N–H and O–H groups in total. The highest BCUT2D eigenvalue weighted by atomic mass is 16.2. The number of carbonyl (C=O) groups is 1. The van der Waals surface area contributed by atoms with Gasteiger partial charge in [-0.2, -0.15) is 0 Å². The standard InChI is InChI=1S/C13H24N2O/c1-15(11-5-3-2-4-6-11)13(16)9-12(14)10-7-8-10/h10-12H,2-9,14H2,1H3. The molecule has 2 aliphatic rings. The second kappa shape index (κ2) is 5.17. The van der Waals surface area contributed by atoms with Gasteiger partial charge < -0.3 is 10.6 Å². The van der Waals surface area contributed by atoms with Crippen LogP contribution >= 0.6 is 0 Å². The first kappa shape index (κ1) is 11.9. The first-order valence-corrected chi connectivity index (χ1v) is 6.69. The van der Waals surface area contributed by atoms with Gasteiger partial charge >= 0.3 is 0 Å². The van der Waals surface area contributed by atoms with Crippen LogP contribution in [0.2, 0.25) is 0 Å². The van der Waals surface area contributed by atoms with Crippen molar-refractivity contribution in [3.05, 3.63) is 0 Å². The summed E-state index contributed by atoms with van der Waals surface area (Å²) in [6.07, 6.45) is 9.25. The summed E-state index contributed by atoms with van der Waals surface area (Å²) in [5.41, 5.74) is 6.00. The number of rotatable bonds is 4. The van der Waals surface area contributed by atoms with E-state index in [1.807, 2.05) is 11.9 Å². The smallest absolute Gasteiger partial charge is 0.224 e. The molecular weight excluding hydrogens is 200 g/mol. The zero-order chi connectivity index (χ0) is 11.5. The third kappa shape index (κ3) is 2.97. The van der Waals surface area contributed by atoms with Gasteiger partial charge in [0.15, 0.2) is 0 Å². The number of carbonyl (C=O) groups excluding carboxylic acids is 1. The Morgan fingerprint density at radius 3 is 2.44 bits per heavy atom. The molecule has 1 unspecified atom stereocenters. The fraction of sp³-hybridized carbons (Fsp3) is 0.923. The lowest BCUT2D eigenvalue weighted by Gasteiger charge is -2.32. The summed E-state index contributed by atoms with van der Waals surface area (Å²) in [6, 6.07) is 0.589. The Bertz CT molecular complexity index is 244. The Labute approximate surface area is 98.4 Å². The molecule has 3 heteroatoms. The highest BCUT2D eigenvalue weighted by Gasteiger charge is 2.31. The van der Waals surface area contributed by atoms with Crippen molar-refractivity contribution in [2.24, 2.45) is 11.7 Å². The molecule has 2 saturated carbocycles. The van der Waals surface area contributed by atoms with E-state index in [0.29, 0.717) is 18.4 Å². The molecular formula is C13H24N2O. The molecule has 0 aromatic carbocycles. The molecule has 92 valence electrons. The van der Waals surface area contributed by atoms with Gasteiger partial charge in [-0.3, -0.25) is 4.79 Å². The van der Waals surface area contributed by atoms with Crippen molar-refractivity contribution in [2.75, 3.05) is 7.05 Å². The van der Waals surface area contributed by atoms with Gasteiger partial charge in [0.1, 0.15) is 0 Å². The molecule has 16 heavy (non-hydrogen) atoms. The van der Waals surface area contributed by atoms with E-state index in [1.165, 1.54) is 44.9 Å². The van der Waals surface area contributed by atoms with Crippen LogP contribution in [-0.2, 0) is 4.79 Å². The van der Waals surface area contributed by atoms with Crippen molar-refractivity contribution in [3.8, 4) is 0 Å². The molecule has 0 heterocycles. The molecule has 1 amide bonds. The maximum atomic E-state index is 12.0. The Hall–Kier alpha value is -0.570. The van der Waals surface area contributed by atoms with Gasteiger partial charge in [-0.1, -0.05) is 19.3 Å². The average molecular weight is 224 g/mol. The normalized spacial score (nSPS) is 24.1. The third-order valence-corrected chi connectivity index (χ3v) is 4.15. The quantitative estimate of drug-likeness (QED) is 0.793. The summed E-state index contributed by atoms with van der Waals surface area (Å²) in [5, 5.41) is 0. The molecule has 0 spiro atoms. The predicted molar refractivity (Wildman–Crippen MR) is 65.0 cm³/mol. The summed E-state index contributed by atoms with van der Waals surface area (Å²) in [4.78, 5) is 14.0. The van der Waals surface area contributed by atoms with E-state index >= 15 is 0 Å². The lowest BCUT2D eigenvalue weighted by atomic mass is 9.94. The number of nitrogens with two attached hydrogens (primary N) is 1. The van der Waals surface area contributed by atoms with Gasteiger partial charge in [0, 0.05) is 25.6 Å². The van der Waals surface area contributed by atoms with Crippen LogP contribution in [0.25, 0.3) is 0 Å². The molecule has 0 bridgehead atoms. The van der Waals surface area contributed by atoms with Crippen LogP contribution in [0.4, 0.5) is 0 Å². The van der Waals surface area contributed by atoms with Crippen LogP contribution in [0, 0.1) is 5.92 Å². The summed E-state index contributed by atoms with van der Waals surface area (Å²) in [5.74, 6) is 0.884. The summed E-state index contributed by atoms with van der Waals surface area (Å²) in [7, 11) is 1.96. The zero-order valence-corrected chi connectivity index (χ0v) is 10.3.